The van der Waals surface area contributed by atoms with Gasteiger partial charge >= 0.3 is 6.09 Å². The van der Waals surface area contributed by atoms with E-state index in [1.54, 1.807) is 23.8 Å². The summed E-state index contributed by atoms with van der Waals surface area (Å²) in [5.74, 6) is 1.16. The number of primary amides is 1. The van der Waals surface area contributed by atoms with Gasteiger partial charge < -0.3 is 20.1 Å². The van der Waals surface area contributed by atoms with E-state index in [1.165, 1.54) is 0 Å². The number of amides is 2. The van der Waals surface area contributed by atoms with Gasteiger partial charge in [-0.2, -0.15) is 0 Å². The molecule has 0 unspecified atom stereocenters. The van der Waals surface area contributed by atoms with E-state index in [0.29, 0.717) is 31.7 Å². The van der Waals surface area contributed by atoms with Crippen molar-refractivity contribution >= 4 is 23.8 Å². The van der Waals surface area contributed by atoms with Gasteiger partial charge in [0.15, 0.2) is 0 Å². The molecule has 2 N–H and O–H groups in total. The number of likely N-dealkylation sites (tertiary alicyclic amines) is 1. The maximum atomic E-state index is 12.2. The van der Waals surface area contributed by atoms with Gasteiger partial charge in [-0.3, -0.25) is 4.79 Å². The van der Waals surface area contributed by atoms with Crippen LogP contribution in [-0.4, -0.2) is 47.4 Å². The highest BCUT2D eigenvalue weighted by molar-refractivity contribution is 8.00. The number of nitrogens with zero attached hydrogens (tertiary/aromatic N) is 1. The molecule has 26 heavy (non-hydrogen) atoms. The first-order chi connectivity index (χ1) is 12.1. The van der Waals surface area contributed by atoms with Gasteiger partial charge in [-0.1, -0.05) is 12.1 Å². The van der Waals surface area contributed by atoms with E-state index in [4.69, 9.17) is 15.2 Å². The van der Waals surface area contributed by atoms with E-state index in [-0.39, 0.29) is 12.0 Å². The standard InChI is InChI=1S/C19H28N2O4S/c1-18(2,3)25-17(23)21-11-9-19(10-12-21,16(20)22)26-13-14-5-7-15(24-4)8-6-14/h5-8H,9-13H2,1-4H3,(H2,20,22). The van der Waals surface area contributed by atoms with E-state index < -0.39 is 10.3 Å². The number of hydrogen-bond acceptors (Lipinski definition) is 5. The number of thioether (sulfide) groups is 1. The van der Waals surface area contributed by atoms with Crippen LogP contribution >= 0.6 is 11.8 Å². The monoisotopic (exact) mass is 380 g/mol. The van der Waals surface area contributed by atoms with Gasteiger partial charge in [0.25, 0.3) is 0 Å². The summed E-state index contributed by atoms with van der Waals surface area (Å²) in [5, 5.41) is 0. The van der Waals surface area contributed by atoms with Crippen LogP contribution in [0.4, 0.5) is 4.79 Å². The predicted octanol–water partition coefficient (Wildman–Crippen LogP) is 3.18. The van der Waals surface area contributed by atoms with Gasteiger partial charge in [0, 0.05) is 18.8 Å². The van der Waals surface area contributed by atoms with Crippen LogP contribution in [-0.2, 0) is 15.3 Å². The Morgan fingerprint density at radius 1 is 1.19 bits per heavy atom. The molecule has 2 amide bonds. The molecule has 7 heteroatoms. The molecule has 1 aromatic carbocycles. The van der Waals surface area contributed by atoms with Crippen molar-refractivity contribution < 1.29 is 19.1 Å². The average molecular weight is 381 g/mol. The number of carbonyl (C=O) groups is 2. The Morgan fingerprint density at radius 3 is 2.23 bits per heavy atom. The average Bonchev–Trinajstić information content (AvgIpc) is 2.59. The van der Waals surface area contributed by atoms with Crippen LogP contribution in [0.25, 0.3) is 0 Å². The zero-order valence-electron chi connectivity index (χ0n) is 15.9. The fourth-order valence-electron chi connectivity index (χ4n) is 2.78. The van der Waals surface area contributed by atoms with Crippen LogP contribution in [0.15, 0.2) is 24.3 Å². The highest BCUT2D eigenvalue weighted by atomic mass is 32.2. The molecule has 2 rings (SSSR count). The molecule has 0 saturated carbocycles. The van der Waals surface area contributed by atoms with Crippen molar-refractivity contribution in [3.05, 3.63) is 29.8 Å². The Balaban J connectivity index is 1.96. The molecule has 6 nitrogen and oxygen atoms in total. The number of benzene rings is 1. The second-order valence-electron chi connectivity index (χ2n) is 7.46. The number of piperidine rings is 1. The van der Waals surface area contributed by atoms with Crippen molar-refractivity contribution in [2.75, 3.05) is 20.2 Å². The fourth-order valence-corrected chi connectivity index (χ4v) is 4.03. The molecule has 1 heterocycles. The van der Waals surface area contributed by atoms with E-state index in [9.17, 15) is 9.59 Å². The Labute approximate surface area is 159 Å². The molecule has 0 atom stereocenters. The van der Waals surface area contributed by atoms with Crippen LogP contribution in [0.1, 0.15) is 39.2 Å². The van der Waals surface area contributed by atoms with Crippen molar-refractivity contribution in [3.8, 4) is 5.75 Å². The molecule has 1 fully saturated rings. The summed E-state index contributed by atoms with van der Waals surface area (Å²) in [6, 6.07) is 7.77. The van der Waals surface area contributed by atoms with Crippen LogP contribution in [0.5, 0.6) is 5.75 Å². The Kier molecular flexibility index (Phi) is 6.44. The lowest BCUT2D eigenvalue weighted by molar-refractivity contribution is -0.121. The van der Waals surface area contributed by atoms with Gasteiger partial charge in [-0.25, -0.2) is 4.79 Å². The van der Waals surface area contributed by atoms with E-state index in [0.717, 1.165) is 11.3 Å². The molecule has 1 aliphatic heterocycles. The third-order valence-electron chi connectivity index (χ3n) is 4.35. The van der Waals surface area contributed by atoms with Gasteiger partial charge in [-0.15, -0.1) is 11.8 Å². The summed E-state index contributed by atoms with van der Waals surface area (Å²) in [5.41, 5.74) is 6.29. The number of rotatable bonds is 5. The Hall–Kier alpha value is -1.89. The molecule has 0 bridgehead atoms. The zero-order valence-corrected chi connectivity index (χ0v) is 16.7. The summed E-state index contributed by atoms with van der Waals surface area (Å²) in [6.45, 7) is 6.45. The lowest BCUT2D eigenvalue weighted by Gasteiger charge is -2.39. The van der Waals surface area contributed by atoms with Crippen molar-refractivity contribution in [1.82, 2.24) is 4.90 Å². The molecule has 1 aliphatic rings. The summed E-state index contributed by atoms with van der Waals surface area (Å²) in [4.78, 5) is 26.0. The van der Waals surface area contributed by atoms with E-state index in [1.807, 2.05) is 45.0 Å². The molecule has 0 aliphatic carbocycles. The normalized spacial score (nSPS) is 16.8. The minimum Gasteiger partial charge on any atom is -0.497 e. The fraction of sp³-hybridized carbons (Fsp3) is 0.579. The van der Waals surface area contributed by atoms with E-state index in [2.05, 4.69) is 0 Å². The second kappa shape index (κ2) is 8.20. The van der Waals surface area contributed by atoms with Crippen LogP contribution in [0.2, 0.25) is 0 Å². The quantitative estimate of drug-likeness (QED) is 0.848. The van der Waals surface area contributed by atoms with Crippen molar-refractivity contribution in [3.63, 3.8) is 0 Å². The zero-order chi connectivity index (χ0) is 19.4. The number of carbonyl (C=O) groups excluding carboxylic acids is 2. The Bertz CT molecular complexity index is 632. The van der Waals surface area contributed by atoms with E-state index >= 15 is 0 Å². The third-order valence-corrected chi connectivity index (χ3v) is 5.99. The van der Waals surface area contributed by atoms with Crippen LogP contribution in [0.3, 0.4) is 0 Å². The smallest absolute Gasteiger partial charge is 0.410 e. The molecule has 0 radical (unpaired) electrons. The lowest BCUT2D eigenvalue weighted by Crippen LogP contribution is -2.52. The maximum absolute atomic E-state index is 12.2. The van der Waals surface area contributed by atoms with Gasteiger partial charge in [0.1, 0.15) is 11.4 Å². The summed E-state index contributed by atoms with van der Waals surface area (Å²) in [7, 11) is 1.63. The SMILES string of the molecule is COc1ccc(CSC2(C(N)=O)CCN(C(=O)OC(C)(C)C)CC2)cc1. The number of nitrogens with two attached hydrogens (primary N) is 1. The van der Waals surface area contributed by atoms with Gasteiger partial charge in [0.05, 0.1) is 11.9 Å². The third kappa shape index (κ3) is 5.30. The summed E-state index contributed by atoms with van der Waals surface area (Å²) >= 11 is 1.55. The second-order valence-corrected chi connectivity index (χ2v) is 8.82. The van der Waals surface area contributed by atoms with Crippen molar-refractivity contribution in [2.24, 2.45) is 5.73 Å². The largest absolute Gasteiger partial charge is 0.497 e. The van der Waals surface area contributed by atoms with Gasteiger partial charge in [0.2, 0.25) is 5.91 Å². The maximum Gasteiger partial charge on any atom is 0.410 e. The molecule has 1 saturated heterocycles. The highest BCUT2D eigenvalue weighted by Crippen LogP contribution is 2.38. The first-order valence-corrected chi connectivity index (χ1v) is 9.68. The van der Waals surface area contributed by atoms with Crippen molar-refractivity contribution in [1.29, 1.82) is 0 Å². The van der Waals surface area contributed by atoms with Crippen molar-refractivity contribution in [2.45, 2.75) is 49.7 Å². The lowest BCUT2D eigenvalue weighted by atomic mass is 9.95. The summed E-state index contributed by atoms with van der Waals surface area (Å²) in [6.07, 6.45) is 0.723. The van der Waals surface area contributed by atoms with Crippen LogP contribution in [0, 0.1) is 0 Å². The Morgan fingerprint density at radius 2 is 1.77 bits per heavy atom. The molecule has 1 aromatic rings. The molecule has 0 spiro atoms. The molecule has 0 aromatic heterocycles. The number of methoxy groups -OCH3 is 1. The number of hydrogen-bond donors (Lipinski definition) is 1. The molecular formula is C19H28N2O4S. The highest BCUT2D eigenvalue weighted by Gasteiger charge is 2.42. The summed E-state index contributed by atoms with van der Waals surface area (Å²) < 4.78 is 9.91. The number of ether oxygens (including phenoxy) is 2. The topological polar surface area (TPSA) is 81.9 Å². The minimum atomic E-state index is -0.654. The minimum absolute atomic E-state index is 0.320. The predicted molar refractivity (Wildman–Crippen MR) is 103 cm³/mol. The first kappa shape index (κ1) is 20.4. The molecule has 144 valence electrons. The van der Waals surface area contributed by atoms with Crippen LogP contribution < -0.4 is 10.5 Å². The van der Waals surface area contributed by atoms with Gasteiger partial charge in [-0.05, 0) is 51.3 Å². The molecular weight excluding hydrogens is 352 g/mol. The first-order valence-electron chi connectivity index (χ1n) is 8.70.